The Morgan fingerprint density at radius 1 is 1.43 bits per heavy atom. The van der Waals surface area contributed by atoms with Crippen molar-refractivity contribution in [3.63, 3.8) is 0 Å². The second-order valence-electron chi connectivity index (χ2n) is 3.95. The van der Waals surface area contributed by atoms with E-state index in [0.717, 1.165) is 38.1 Å². The Bertz CT molecular complexity index is 178. The average molecular weight is 201 g/mol. The highest BCUT2D eigenvalue weighted by Crippen LogP contribution is 2.08. The molecule has 0 aromatic heterocycles. The van der Waals surface area contributed by atoms with Crippen molar-refractivity contribution in [1.82, 2.24) is 5.32 Å². The first-order valence-corrected chi connectivity index (χ1v) is 5.25. The van der Waals surface area contributed by atoms with Crippen molar-refractivity contribution in [1.29, 1.82) is 0 Å². The Morgan fingerprint density at radius 2 is 2.07 bits per heavy atom. The number of hydrogen-bond donors (Lipinski definition) is 3. The third-order valence-electron chi connectivity index (χ3n) is 2.37. The number of rotatable bonds is 7. The highest BCUT2D eigenvalue weighted by molar-refractivity contribution is 5.92. The summed E-state index contributed by atoms with van der Waals surface area (Å²) >= 11 is 0. The maximum Gasteiger partial charge on any atom is 0.0762 e. The van der Waals surface area contributed by atoms with Crippen LogP contribution in [-0.2, 0) is 0 Å². The molecule has 0 radical (unpaired) electrons. The lowest BCUT2D eigenvalue weighted by molar-refractivity contribution is 0.309. The van der Waals surface area contributed by atoms with Crippen LogP contribution in [0.15, 0.2) is 5.16 Å². The predicted molar refractivity (Wildman–Crippen MR) is 59.9 cm³/mol. The zero-order valence-corrected chi connectivity index (χ0v) is 9.51. The molecule has 4 N–H and O–H groups in total. The summed E-state index contributed by atoms with van der Waals surface area (Å²) in [5.41, 5.74) is 5.96. The summed E-state index contributed by atoms with van der Waals surface area (Å²) in [6.07, 6.45) is 2.84. The molecule has 0 aromatic rings. The molecule has 14 heavy (non-hydrogen) atoms. The number of oxime groups is 1. The van der Waals surface area contributed by atoms with Gasteiger partial charge in [0.1, 0.15) is 0 Å². The molecule has 0 aliphatic heterocycles. The first-order valence-electron chi connectivity index (χ1n) is 5.25. The Hall–Kier alpha value is -0.610. The van der Waals surface area contributed by atoms with Crippen molar-refractivity contribution in [2.45, 2.75) is 45.6 Å². The fourth-order valence-electron chi connectivity index (χ4n) is 1.41. The van der Waals surface area contributed by atoms with Gasteiger partial charge in [0.2, 0.25) is 0 Å². The Morgan fingerprint density at radius 3 is 2.50 bits per heavy atom. The molecule has 4 heteroatoms. The van der Waals surface area contributed by atoms with Crippen LogP contribution >= 0.6 is 0 Å². The maximum atomic E-state index is 8.79. The van der Waals surface area contributed by atoms with E-state index in [1.807, 2.05) is 20.8 Å². The van der Waals surface area contributed by atoms with Crippen LogP contribution in [0.2, 0.25) is 0 Å². The van der Waals surface area contributed by atoms with Gasteiger partial charge in [0, 0.05) is 0 Å². The molecule has 0 saturated heterocycles. The van der Waals surface area contributed by atoms with Gasteiger partial charge in [-0.1, -0.05) is 12.1 Å². The second kappa shape index (κ2) is 6.79. The van der Waals surface area contributed by atoms with Crippen LogP contribution in [0.25, 0.3) is 0 Å². The minimum Gasteiger partial charge on any atom is -0.411 e. The molecular formula is C10H23N3O. The van der Waals surface area contributed by atoms with Gasteiger partial charge in [-0.3, -0.25) is 0 Å². The highest BCUT2D eigenvalue weighted by Gasteiger charge is 2.22. The molecule has 0 fully saturated rings. The monoisotopic (exact) mass is 201 g/mol. The first-order chi connectivity index (χ1) is 6.58. The van der Waals surface area contributed by atoms with E-state index in [1.54, 1.807) is 0 Å². The van der Waals surface area contributed by atoms with Crippen molar-refractivity contribution < 1.29 is 5.21 Å². The average Bonchev–Trinajstić information content (AvgIpc) is 2.14. The van der Waals surface area contributed by atoms with Crippen LogP contribution < -0.4 is 11.1 Å². The molecule has 0 aliphatic carbocycles. The minimum absolute atomic E-state index is 0.224. The number of nitrogens with one attached hydrogen (secondary N) is 1. The topological polar surface area (TPSA) is 70.6 Å². The molecule has 0 saturated carbocycles. The number of nitrogens with zero attached hydrogens (tertiary/aromatic N) is 1. The van der Waals surface area contributed by atoms with Gasteiger partial charge in [0.15, 0.2) is 0 Å². The summed E-state index contributed by atoms with van der Waals surface area (Å²) in [5.74, 6) is 0. The SMILES string of the molecule is CC/C(=N\O)C(C)(C)NCCCCN. The van der Waals surface area contributed by atoms with Gasteiger partial charge >= 0.3 is 0 Å². The van der Waals surface area contributed by atoms with E-state index < -0.39 is 0 Å². The minimum atomic E-state index is -0.224. The lowest BCUT2D eigenvalue weighted by Crippen LogP contribution is -2.47. The molecule has 0 aromatic carbocycles. The quantitative estimate of drug-likeness (QED) is 0.252. The summed E-state index contributed by atoms with van der Waals surface area (Å²) in [4.78, 5) is 0. The van der Waals surface area contributed by atoms with Gasteiger partial charge in [-0.15, -0.1) is 0 Å². The van der Waals surface area contributed by atoms with Gasteiger partial charge in [0.25, 0.3) is 0 Å². The summed E-state index contributed by atoms with van der Waals surface area (Å²) in [6, 6.07) is 0. The fraction of sp³-hybridized carbons (Fsp3) is 0.900. The second-order valence-corrected chi connectivity index (χ2v) is 3.95. The molecule has 0 heterocycles. The number of hydrogen-bond acceptors (Lipinski definition) is 4. The van der Waals surface area contributed by atoms with E-state index >= 15 is 0 Å². The largest absolute Gasteiger partial charge is 0.411 e. The Balaban J connectivity index is 3.93. The predicted octanol–water partition coefficient (Wildman–Crippen LogP) is 1.33. The molecule has 0 rings (SSSR count). The van der Waals surface area contributed by atoms with Crippen LogP contribution in [-0.4, -0.2) is 29.5 Å². The van der Waals surface area contributed by atoms with Crippen molar-refractivity contribution in [3.8, 4) is 0 Å². The van der Waals surface area contributed by atoms with E-state index in [0.29, 0.717) is 0 Å². The van der Waals surface area contributed by atoms with E-state index in [2.05, 4.69) is 10.5 Å². The molecule has 0 spiro atoms. The van der Waals surface area contributed by atoms with E-state index in [-0.39, 0.29) is 5.54 Å². The maximum absolute atomic E-state index is 8.79. The van der Waals surface area contributed by atoms with Gasteiger partial charge in [-0.2, -0.15) is 0 Å². The smallest absolute Gasteiger partial charge is 0.0762 e. The van der Waals surface area contributed by atoms with Crippen molar-refractivity contribution >= 4 is 5.71 Å². The Kier molecular flexibility index (Phi) is 6.49. The van der Waals surface area contributed by atoms with Crippen molar-refractivity contribution in [2.24, 2.45) is 10.9 Å². The molecule has 84 valence electrons. The normalized spacial score (nSPS) is 13.3. The number of nitrogens with two attached hydrogens (primary N) is 1. The molecule has 0 atom stereocenters. The molecular weight excluding hydrogens is 178 g/mol. The molecule has 4 nitrogen and oxygen atoms in total. The van der Waals surface area contributed by atoms with Crippen LogP contribution in [0, 0.1) is 0 Å². The zero-order valence-electron chi connectivity index (χ0n) is 9.51. The Labute approximate surface area is 86.6 Å². The van der Waals surface area contributed by atoms with Crippen LogP contribution in [0.5, 0.6) is 0 Å². The highest BCUT2D eigenvalue weighted by atomic mass is 16.4. The van der Waals surface area contributed by atoms with Crippen molar-refractivity contribution in [2.75, 3.05) is 13.1 Å². The molecule has 0 unspecified atom stereocenters. The molecule has 0 bridgehead atoms. The molecule has 0 aliphatic rings. The standard InChI is InChI=1S/C10H23N3O/c1-4-9(13-14)10(2,3)12-8-6-5-7-11/h12,14H,4-8,11H2,1-3H3/b13-9+. The van der Waals surface area contributed by atoms with E-state index in [9.17, 15) is 0 Å². The van der Waals surface area contributed by atoms with Crippen molar-refractivity contribution in [3.05, 3.63) is 0 Å². The summed E-state index contributed by atoms with van der Waals surface area (Å²) < 4.78 is 0. The fourth-order valence-corrected chi connectivity index (χ4v) is 1.41. The van der Waals surface area contributed by atoms with E-state index in [4.69, 9.17) is 10.9 Å². The van der Waals surface area contributed by atoms with Crippen LogP contribution in [0.1, 0.15) is 40.0 Å². The lowest BCUT2D eigenvalue weighted by Gasteiger charge is -2.26. The van der Waals surface area contributed by atoms with Crippen LogP contribution in [0.4, 0.5) is 0 Å². The molecule has 0 amide bonds. The summed E-state index contributed by atoms with van der Waals surface area (Å²) in [5, 5.41) is 15.4. The zero-order chi connectivity index (χ0) is 11.0. The number of unbranched alkanes of at least 4 members (excludes halogenated alkanes) is 1. The summed E-state index contributed by atoms with van der Waals surface area (Å²) in [6.45, 7) is 7.67. The van der Waals surface area contributed by atoms with Gasteiger partial charge < -0.3 is 16.3 Å². The lowest BCUT2D eigenvalue weighted by atomic mass is 9.96. The van der Waals surface area contributed by atoms with Gasteiger partial charge in [0.05, 0.1) is 11.3 Å². The van der Waals surface area contributed by atoms with E-state index in [1.165, 1.54) is 0 Å². The first kappa shape index (κ1) is 13.4. The van der Waals surface area contributed by atoms with Crippen LogP contribution in [0.3, 0.4) is 0 Å². The third kappa shape index (κ3) is 4.58. The van der Waals surface area contributed by atoms with Gasteiger partial charge in [-0.25, -0.2) is 0 Å². The van der Waals surface area contributed by atoms with Gasteiger partial charge in [-0.05, 0) is 46.2 Å². The summed E-state index contributed by atoms with van der Waals surface area (Å²) in [7, 11) is 0. The third-order valence-corrected chi connectivity index (χ3v) is 2.37.